The molecule has 0 amide bonds. The third-order valence-corrected chi connectivity index (χ3v) is 3.46. The highest BCUT2D eigenvalue weighted by Crippen LogP contribution is 2.20. The van der Waals surface area contributed by atoms with Crippen LogP contribution < -0.4 is 5.32 Å². The predicted molar refractivity (Wildman–Crippen MR) is 72.4 cm³/mol. The number of pyridine rings is 1. The number of halogens is 1. The number of aromatic nitrogens is 3. The molecule has 0 aliphatic carbocycles. The molecule has 0 saturated heterocycles. The topological polar surface area (TPSA) is 42.7 Å². The molecule has 5 heteroatoms. The van der Waals surface area contributed by atoms with E-state index in [2.05, 4.69) is 22.3 Å². The number of rotatable bonds is 4. The van der Waals surface area contributed by atoms with Gasteiger partial charge in [-0.15, -0.1) is 0 Å². The van der Waals surface area contributed by atoms with Gasteiger partial charge in [0.25, 0.3) is 0 Å². The van der Waals surface area contributed by atoms with Crippen LogP contribution in [-0.4, -0.2) is 14.8 Å². The Morgan fingerprint density at radius 3 is 2.78 bits per heavy atom. The van der Waals surface area contributed by atoms with Gasteiger partial charge in [0.1, 0.15) is 0 Å². The summed E-state index contributed by atoms with van der Waals surface area (Å²) in [7, 11) is 1.90. The van der Waals surface area contributed by atoms with Crippen molar-refractivity contribution in [3.8, 4) is 0 Å². The van der Waals surface area contributed by atoms with Crippen molar-refractivity contribution >= 4 is 11.6 Å². The molecule has 0 aromatic carbocycles. The van der Waals surface area contributed by atoms with Gasteiger partial charge in [0.15, 0.2) is 0 Å². The molecule has 0 aliphatic rings. The maximum atomic E-state index is 6.20. The molecular formula is C13H17ClN4. The standard InChI is InChI=1S/C13H17ClN4/c1-9(11-6-4-5-7-15-11)16-8-12-13(14)10(2)17-18(12)3/h4-7,9,16H,8H2,1-3H3/t9-/m0/s1. The lowest BCUT2D eigenvalue weighted by Crippen LogP contribution is -2.20. The highest BCUT2D eigenvalue weighted by atomic mass is 35.5. The van der Waals surface area contributed by atoms with Crippen LogP contribution in [0.5, 0.6) is 0 Å². The molecule has 2 aromatic rings. The molecule has 0 unspecified atom stereocenters. The summed E-state index contributed by atoms with van der Waals surface area (Å²) >= 11 is 6.20. The number of nitrogens with zero attached hydrogens (tertiary/aromatic N) is 3. The molecule has 0 radical (unpaired) electrons. The maximum Gasteiger partial charge on any atom is 0.0860 e. The minimum absolute atomic E-state index is 0.178. The van der Waals surface area contributed by atoms with Crippen LogP contribution in [0.2, 0.25) is 5.02 Å². The summed E-state index contributed by atoms with van der Waals surface area (Å²) in [6, 6.07) is 6.09. The van der Waals surface area contributed by atoms with Crippen LogP contribution in [0, 0.1) is 6.92 Å². The van der Waals surface area contributed by atoms with E-state index in [0.29, 0.717) is 6.54 Å². The molecule has 0 bridgehead atoms. The Balaban J connectivity index is 2.04. The molecule has 96 valence electrons. The SMILES string of the molecule is Cc1nn(C)c(CN[C@@H](C)c2ccccn2)c1Cl. The van der Waals surface area contributed by atoms with Crippen molar-refractivity contribution in [1.82, 2.24) is 20.1 Å². The lowest BCUT2D eigenvalue weighted by molar-refractivity contribution is 0.538. The molecule has 2 heterocycles. The summed E-state index contributed by atoms with van der Waals surface area (Å²) in [5.41, 5.74) is 2.88. The first-order valence-corrected chi connectivity index (χ1v) is 6.29. The summed E-state index contributed by atoms with van der Waals surface area (Å²) < 4.78 is 1.82. The second-order valence-electron chi connectivity index (χ2n) is 4.33. The largest absolute Gasteiger partial charge is 0.303 e. The van der Waals surface area contributed by atoms with E-state index >= 15 is 0 Å². The van der Waals surface area contributed by atoms with Crippen molar-refractivity contribution in [2.24, 2.45) is 7.05 Å². The van der Waals surface area contributed by atoms with Gasteiger partial charge in [-0.25, -0.2) is 0 Å². The van der Waals surface area contributed by atoms with Crippen molar-refractivity contribution in [1.29, 1.82) is 0 Å². The minimum atomic E-state index is 0.178. The summed E-state index contributed by atoms with van der Waals surface area (Å²) in [6.07, 6.45) is 1.80. The fourth-order valence-electron chi connectivity index (χ4n) is 1.86. The van der Waals surface area contributed by atoms with Crippen LogP contribution in [0.1, 0.15) is 30.0 Å². The van der Waals surface area contributed by atoms with Crippen molar-refractivity contribution < 1.29 is 0 Å². The summed E-state index contributed by atoms with van der Waals surface area (Å²) in [6.45, 7) is 4.67. The first-order valence-electron chi connectivity index (χ1n) is 5.92. The zero-order chi connectivity index (χ0) is 13.1. The van der Waals surface area contributed by atoms with Crippen molar-refractivity contribution in [2.75, 3.05) is 0 Å². The average molecular weight is 265 g/mol. The van der Waals surface area contributed by atoms with E-state index in [1.165, 1.54) is 0 Å². The van der Waals surface area contributed by atoms with Gasteiger partial charge in [0.05, 0.1) is 22.1 Å². The summed E-state index contributed by atoms with van der Waals surface area (Å²) in [5.74, 6) is 0. The van der Waals surface area contributed by atoms with E-state index in [4.69, 9.17) is 11.6 Å². The van der Waals surface area contributed by atoms with Gasteiger partial charge in [0.2, 0.25) is 0 Å². The van der Waals surface area contributed by atoms with Gasteiger partial charge in [0, 0.05) is 25.8 Å². The van der Waals surface area contributed by atoms with Crippen LogP contribution in [0.15, 0.2) is 24.4 Å². The van der Waals surface area contributed by atoms with E-state index in [9.17, 15) is 0 Å². The number of hydrogen-bond acceptors (Lipinski definition) is 3. The van der Waals surface area contributed by atoms with E-state index in [1.807, 2.05) is 36.9 Å². The second kappa shape index (κ2) is 5.50. The molecule has 1 N–H and O–H groups in total. The first kappa shape index (κ1) is 13.1. The third-order valence-electron chi connectivity index (χ3n) is 2.97. The van der Waals surface area contributed by atoms with Gasteiger partial charge in [-0.05, 0) is 26.0 Å². The van der Waals surface area contributed by atoms with Crippen molar-refractivity contribution in [2.45, 2.75) is 26.4 Å². The molecule has 4 nitrogen and oxygen atoms in total. The van der Waals surface area contributed by atoms with Gasteiger partial charge in [-0.2, -0.15) is 5.10 Å². The van der Waals surface area contributed by atoms with E-state index in [0.717, 1.165) is 22.1 Å². The molecule has 0 saturated carbocycles. The van der Waals surface area contributed by atoms with Crippen LogP contribution >= 0.6 is 11.6 Å². The lowest BCUT2D eigenvalue weighted by Gasteiger charge is -2.13. The summed E-state index contributed by atoms with van der Waals surface area (Å²) in [5, 5.41) is 8.43. The van der Waals surface area contributed by atoms with Gasteiger partial charge < -0.3 is 5.32 Å². The Morgan fingerprint density at radius 2 is 2.22 bits per heavy atom. The molecule has 0 spiro atoms. The quantitative estimate of drug-likeness (QED) is 0.923. The van der Waals surface area contributed by atoms with E-state index in [1.54, 1.807) is 6.20 Å². The normalized spacial score (nSPS) is 12.7. The minimum Gasteiger partial charge on any atom is -0.303 e. The average Bonchev–Trinajstić information content (AvgIpc) is 2.62. The molecule has 0 fully saturated rings. The third kappa shape index (κ3) is 2.71. The maximum absolute atomic E-state index is 6.20. The summed E-state index contributed by atoms with van der Waals surface area (Å²) in [4.78, 5) is 4.32. The number of aryl methyl sites for hydroxylation is 2. The molecule has 2 aromatic heterocycles. The Kier molecular flexibility index (Phi) is 3.99. The van der Waals surface area contributed by atoms with Crippen LogP contribution in [-0.2, 0) is 13.6 Å². The van der Waals surface area contributed by atoms with Gasteiger partial charge >= 0.3 is 0 Å². The van der Waals surface area contributed by atoms with E-state index in [-0.39, 0.29) is 6.04 Å². The Morgan fingerprint density at radius 1 is 1.44 bits per heavy atom. The van der Waals surface area contributed by atoms with Gasteiger partial charge in [-0.3, -0.25) is 9.67 Å². The molecular weight excluding hydrogens is 248 g/mol. The molecule has 18 heavy (non-hydrogen) atoms. The highest BCUT2D eigenvalue weighted by Gasteiger charge is 2.12. The Bertz CT molecular complexity index is 521. The van der Waals surface area contributed by atoms with Crippen molar-refractivity contribution in [3.05, 3.63) is 46.5 Å². The van der Waals surface area contributed by atoms with Crippen molar-refractivity contribution in [3.63, 3.8) is 0 Å². The fourth-order valence-corrected chi connectivity index (χ4v) is 2.09. The highest BCUT2D eigenvalue weighted by molar-refractivity contribution is 6.31. The smallest absolute Gasteiger partial charge is 0.0860 e. The Hall–Kier alpha value is -1.39. The fraction of sp³-hybridized carbons (Fsp3) is 0.385. The zero-order valence-corrected chi connectivity index (χ0v) is 11.6. The van der Waals surface area contributed by atoms with Gasteiger partial charge in [-0.1, -0.05) is 17.7 Å². The first-order chi connectivity index (χ1) is 8.59. The van der Waals surface area contributed by atoms with Crippen LogP contribution in [0.4, 0.5) is 0 Å². The molecule has 2 rings (SSSR count). The second-order valence-corrected chi connectivity index (χ2v) is 4.70. The number of nitrogens with one attached hydrogen (secondary N) is 1. The number of hydrogen-bond donors (Lipinski definition) is 1. The van der Waals surface area contributed by atoms with E-state index < -0.39 is 0 Å². The zero-order valence-electron chi connectivity index (χ0n) is 10.8. The predicted octanol–water partition coefficient (Wildman–Crippen LogP) is 2.63. The molecule has 1 atom stereocenters. The molecule has 0 aliphatic heterocycles. The van der Waals surface area contributed by atoms with Crippen LogP contribution in [0.25, 0.3) is 0 Å². The lowest BCUT2D eigenvalue weighted by atomic mass is 10.2. The monoisotopic (exact) mass is 264 g/mol. The Labute approximate surface area is 112 Å². The van der Waals surface area contributed by atoms with Crippen LogP contribution in [0.3, 0.4) is 0 Å².